The second-order valence-electron chi connectivity index (χ2n) is 6.96. The van der Waals surface area contributed by atoms with E-state index in [1.54, 1.807) is 42.7 Å². The minimum Gasteiger partial charge on any atom is -0.328 e. The summed E-state index contributed by atoms with van der Waals surface area (Å²) in [5.74, 6) is 0.259. The van der Waals surface area contributed by atoms with Crippen LogP contribution in [0.2, 0.25) is 10.6 Å². The zero-order chi connectivity index (χ0) is 21.6. The highest BCUT2D eigenvalue weighted by Crippen LogP contribution is 2.32. The molecular formula is C19H15Cl2F3N6. The van der Waals surface area contributed by atoms with Crippen molar-refractivity contribution in [2.75, 3.05) is 0 Å². The van der Waals surface area contributed by atoms with Crippen molar-refractivity contribution in [1.29, 1.82) is 0 Å². The lowest BCUT2D eigenvalue weighted by molar-refractivity contribution is -0.140. The Labute approximate surface area is 179 Å². The second kappa shape index (κ2) is 7.55. The number of benzene rings is 1. The third kappa shape index (κ3) is 3.87. The lowest BCUT2D eigenvalue weighted by Crippen LogP contribution is -2.05. The summed E-state index contributed by atoms with van der Waals surface area (Å²) >= 11 is 12.1. The molecule has 0 spiro atoms. The van der Waals surface area contributed by atoms with Crippen molar-refractivity contribution < 1.29 is 13.2 Å². The van der Waals surface area contributed by atoms with Crippen LogP contribution >= 0.6 is 23.2 Å². The van der Waals surface area contributed by atoms with Crippen LogP contribution in [0, 0.1) is 0 Å². The molecule has 0 fully saturated rings. The van der Waals surface area contributed by atoms with E-state index in [0.29, 0.717) is 23.3 Å². The molecule has 0 atom stereocenters. The van der Waals surface area contributed by atoms with Crippen molar-refractivity contribution in [3.63, 3.8) is 0 Å². The Morgan fingerprint density at radius 3 is 2.37 bits per heavy atom. The van der Waals surface area contributed by atoms with E-state index in [1.165, 1.54) is 10.8 Å². The zero-order valence-electron chi connectivity index (χ0n) is 15.8. The van der Waals surface area contributed by atoms with Gasteiger partial charge < -0.3 is 4.57 Å². The Morgan fingerprint density at radius 1 is 1.03 bits per heavy atom. The summed E-state index contributed by atoms with van der Waals surface area (Å²) in [6.07, 6.45) is -1.98. The van der Waals surface area contributed by atoms with Crippen molar-refractivity contribution in [1.82, 2.24) is 29.1 Å². The van der Waals surface area contributed by atoms with Gasteiger partial charge in [0.05, 0.1) is 12.7 Å². The Bertz CT molecular complexity index is 1210. The average molecular weight is 455 g/mol. The molecule has 30 heavy (non-hydrogen) atoms. The van der Waals surface area contributed by atoms with Gasteiger partial charge in [-0.05, 0) is 42.6 Å². The van der Waals surface area contributed by atoms with Gasteiger partial charge in [0.25, 0.3) is 0 Å². The molecule has 0 aliphatic carbocycles. The number of imidazole rings is 2. The standard InChI is InChI=1S/C19H15Cl2F3N6/c1-10(2)29-9-14(19(22,23)24)27-15(29)12-5-3-11(4-6-12)8-30-16-13(26-18(30)21)7-25-17(20)28-16/h3-7,9-10H,8H2,1-2H3. The van der Waals surface area contributed by atoms with Gasteiger partial charge in [-0.2, -0.15) is 18.2 Å². The van der Waals surface area contributed by atoms with Gasteiger partial charge in [-0.1, -0.05) is 24.3 Å². The van der Waals surface area contributed by atoms with Crippen LogP contribution < -0.4 is 0 Å². The fraction of sp³-hybridized carbons (Fsp3) is 0.263. The lowest BCUT2D eigenvalue weighted by atomic mass is 10.1. The molecule has 6 nitrogen and oxygen atoms in total. The maximum absolute atomic E-state index is 13.1. The molecule has 3 heterocycles. The van der Waals surface area contributed by atoms with Gasteiger partial charge in [-0.3, -0.25) is 4.57 Å². The first-order valence-electron chi connectivity index (χ1n) is 8.93. The van der Waals surface area contributed by atoms with Crippen LogP contribution in [0.1, 0.15) is 31.1 Å². The number of alkyl halides is 3. The van der Waals surface area contributed by atoms with Gasteiger partial charge in [0.2, 0.25) is 10.6 Å². The van der Waals surface area contributed by atoms with Gasteiger partial charge in [0.15, 0.2) is 11.3 Å². The maximum Gasteiger partial charge on any atom is 0.434 e. The van der Waals surface area contributed by atoms with Gasteiger partial charge >= 0.3 is 6.18 Å². The predicted octanol–water partition coefficient (Wildman–Crippen LogP) is 5.64. The first-order valence-corrected chi connectivity index (χ1v) is 9.68. The van der Waals surface area contributed by atoms with E-state index in [9.17, 15) is 13.2 Å². The Morgan fingerprint density at radius 2 is 1.73 bits per heavy atom. The fourth-order valence-corrected chi connectivity index (χ4v) is 3.45. The molecule has 0 aliphatic heterocycles. The molecule has 0 radical (unpaired) electrons. The summed E-state index contributed by atoms with van der Waals surface area (Å²) in [6.45, 7) is 3.97. The van der Waals surface area contributed by atoms with Crippen LogP contribution in [-0.4, -0.2) is 29.1 Å². The number of fused-ring (bicyclic) bond motifs is 1. The van der Waals surface area contributed by atoms with Crippen LogP contribution in [0.3, 0.4) is 0 Å². The maximum atomic E-state index is 13.1. The van der Waals surface area contributed by atoms with Crippen LogP contribution in [0.5, 0.6) is 0 Å². The highest BCUT2D eigenvalue weighted by molar-refractivity contribution is 6.29. The molecule has 0 unspecified atom stereocenters. The van der Waals surface area contributed by atoms with Crippen LogP contribution in [0.25, 0.3) is 22.6 Å². The smallest absolute Gasteiger partial charge is 0.328 e. The Hall–Kier alpha value is -2.65. The van der Waals surface area contributed by atoms with Crippen molar-refractivity contribution >= 4 is 34.4 Å². The molecule has 4 aromatic rings. The van der Waals surface area contributed by atoms with Crippen molar-refractivity contribution in [3.05, 3.63) is 58.5 Å². The highest BCUT2D eigenvalue weighted by Gasteiger charge is 2.35. The topological polar surface area (TPSA) is 61.4 Å². The molecule has 0 saturated heterocycles. The fourth-order valence-electron chi connectivity index (χ4n) is 3.09. The van der Waals surface area contributed by atoms with Gasteiger partial charge in [-0.15, -0.1) is 0 Å². The molecule has 3 aromatic heterocycles. The number of halogens is 5. The van der Waals surface area contributed by atoms with E-state index in [1.807, 2.05) is 0 Å². The van der Waals surface area contributed by atoms with Crippen LogP contribution in [0.4, 0.5) is 13.2 Å². The van der Waals surface area contributed by atoms with Gasteiger partial charge in [-0.25, -0.2) is 15.0 Å². The molecule has 4 rings (SSSR count). The zero-order valence-corrected chi connectivity index (χ0v) is 17.3. The number of nitrogens with zero attached hydrogens (tertiary/aromatic N) is 6. The number of rotatable bonds is 4. The Kier molecular flexibility index (Phi) is 5.19. The molecule has 156 valence electrons. The SMILES string of the molecule is CC(C)n1cc(C(F)(F)F)nc1-c1ccc(Cn2c(Cl)nc3cnc(Cl)nc32)cc1. The summed E-state index contributed by atoms with van der Waals surface area (Å²) in [5, 5.41) is 0.312. The van der Waals surface area contributed by atoms with Crippen molar-refractivity contribution in [3.8, 4) is 11.4 Å². The van der Waals surface area contributed by atoms with Gasteiger partial charge in [0.1, 0.15) is 11.3 Å². The largest absolute Gasteiger partial charge is 0.434 e. The van der Waals surface area contributed by atoms with E-state index < -0.39 is 11.9 Å². The molecule has 11 heteroatoms. The third-order valence-electron chi connectivity index (χ3n) is 4.54. The minimum atomic E-state index is -4.50. The van der Waals surface area contributed by atoms with Crippen LogP contribution in [0.15, 0.2) is 36.7 Å². The van der Waals surface area contributed by atoms with Crippen molar-refractivity contribution in [2.45, 2.75) is 32.6 Å². The molecule has 1 aromatic carbocycles. The minimum absolute atomic E-state index is 0.0802. The number of hydrogen-bond donors (Lipinski definition) is 0. The predicted molar refractivity (Wildman–Crippen MR) is 107 cm³/mol. The summed E-state index contributed by atoms with van der Waals surface area (Å²) in [6, 6.07) is 6.88. The summed E-state index contributed by atoms with van der Waals surface area (Å²) in [5.41, 5.74) is 1.53. The van der Waals surface area contributed by atoms with Gasteiger partial charge in [0, 0.05) is 17.8 Å². The molecular weight excluding hydrogens is 440 g/mol. The summed E-state index contributed by atoms with van der Waals surface area (Å²) in [4.78, 5) is 16.1. The Balaban J connectivity index is 1.67. The second-order valence-corrected chi connectivity index (χ2v) is 7.64. The quantitative estimate of drug-likeness (QED) is 0.295. The number of aromatic nitrogens is 6. The highest BCUT2D eigenvalue weighted by atomic mass is 35.5. The first kappa shape index (κ1) is 20.6. The molecule has 0 saturated carbocycles. The normalized spacial score (nSPS) is 12.3. The third-order valence-corrected chi connectivity index (χ3v) is 5.01. The number of hydrogen-bond acceptors (Lipinski definition) is 4. The first-order chi connectivity index (χ1) is 14.1. The van der Waals surface area contributed by atoms with E-state index in [0.717, 1.165) is 11.8 Å². The van der Waals surface area contributed by atoms with E-state index in [4.69, 9.17) is 23.2 Å². The van der Waals surface area contributed by atoms with E-state index in [2.05, 4.69) is 19.9 Å². The molecule has 0 bridgehead atoms. The average Bonchev–Trinajstić information content (AvgIpc) is 3.25. The summed E-state index contributed by atoms with van der Waals surface area (Å²) < 4.78 is 42.5. The lowest BCUT2D eigenvalue weighted by Gasteiger charge is -2.12. The molecule has 0 amide bonds. The van der Waals surface area contributed by atoms with Crippen LogP contribution in [-0.2, 0) is 12.7 Å². The summed E-state index contributed by atoms with van der Waals surface area (Å²) in [7, 11) is 0. The van der Waals surface area contributed by atoms with Crippen molar-refractivity contribution in [2.24, 2.45) is 0 Å². The van der Waals surface area contributed by atoms with E-state index >= 15 is 0 Å². The monoisotopic (exact) mass is 454 g/mol. The van der Waals surface area contributed by atoms with E-state index in [-0.39, 0.29) is 22.4 Å². The molecule has 0 N–H and O–H groups in total. The molecule has 0 aliphatic rings.